The molecule has 0 unspecified atom stereocenters. The van der Waals surface area contributed by atoms with E-state index in [1.54, 1.807) is 6.07 Å². The highest BCUT2D eigenvalue weighted by atomic mass is 32.1. The number of hydrogen-bond donors (Lipinski definition) is 2. The Hall–Kier alpha value is -3.18. The van der Waals surface area contributed by atoms with Crippen LogP contribution in [0, 0.1) is 0 Å². The highest BCUT2D eigenvalue weighted by Gasteiger charge is 2.20. The topological polar surface area (TPSA) is 72.2 Å². The first kappa shape index (κ1) is 19.6. The van der Waals surface area contributed by atoms with E-state index in [-0.39, 0.29) is 11.8 Å². The van der Waals surface area contributed by atoms with Gasteiger partial charge >= 0.3 is 0 Å². The number of carbonyl (C=O) groups excluding carboxylic acids is 2. The minimum Gasteiger partial charge on any atom is -0.366 e. The Morgan fingerprint density at radius 1 is 1.00 bits per heavy atom. The van der Waals surface area contributed by atoms with Crippen molar-refractivity contribution in [2.75, 3.05) is 5.32 Å². The van der Waals surface area contributed by atoms with Crippen LogP contribution in [-0.2, 0) is 4.79 Å². The predicted octanol–water partition coefficient (Wildman–Crippen LogP) is 5.15. The molecule has 0 aliphatic carbocycles. The van der Waals surface area contributed by atoms with Crippen LogP contribution in [0.5, 0.6) is 0 Å². The first-order valence-corrected chi connectivity index (χ1v) is 9.84. The largest absolute Gasteiger partial charge is 0.366 e. The van der Waals surface area contributed by atoms with Gasteiger partial charge < -0.3 is 11.1 Å². The minimum atomic E-state index is -0.549. The summed E-state index contributed by atoms with van der Waals surface area (Å²) in [6.07, 6.45) is 1.84. The van der Waals surface area contributed by atoms with Gasteiger partial charge in [0.15, 0.2) is 0 Å². The molecule has 0 saturated heterocycles. The third kappa shape index (κ3) is 4.56. The van der Waals surface area contributed by atoms with Gasteiger partial charge in [0.05, 0.1) is 5.56 Å². The number of benzene rings is 2. The number of hydrogen-bond acceptors (Lipinski definition) is 3. The molecule has 0 aliphatic rings. The van der Waals surface area contributed by atoms with Crippen LogP contribution in [0.2, 0.25) is 0 Å². The molecule has 2 aromatic carbocycles. The number of nitrogens with two attached hydrogens (primary N) is 1. The lowest BCUT2D eigenvalue weighted by atomic mass is 10.0. The quantitative estimate of drug-likeness (QED) is 0.451. The van der Waals surface area contributed by atoms with E-state index >= 15 is 0 Å². The van der Waals surface area contributed by atoms with Crippen LogP contribution in [0.4, 0.5) is 5.00 Å². The Labute approximate surface area is 168 Å². The number of thiophene rings is 1. The van der Waals surface area contributed by atoms with E-state index in [0.29, 0.717) is 16.1 Å². The molecule has 0 radical (unpaired) electrons. The Morgan fingerprint density at radius 2 is 1.61 bits per heavy atom. The summed E-state index contributed by atoms with van der Waals surface area (Å²) in [5.74, 6) is -0.594. The Bertz CT molecular complexity index is 1010. The molecule has 142 valence electrons. The summed E-state index contributed by atoms with van der Waals surface area (Å²) in [5, 5.41) is 3.38. The SMILES string of the molecule is CC(C)c1cc(C(N)=O)c(NC(=O)C(=Cc2ccccc2)c2ccccc2)s1. The highest BCUT2D eigenvalue weighted by molar-refractivity contribution is 7.16. The zero-order chi connectivity index (χ0) is 20.1. The predicted molar refractivity (Wildman–Crippen MR) is 116 cm³/mol. The van der Waals surface area contributed by atoms with Crippen LogP contribution < -0.4 is 11.1 Å². The normalized spacial score (nSPS) is 11.5. The third-order valence-corrected chi connectivity index (χ3v) is 5.60. The molecule has 0 fully saturated rings. The molecular formula is C23H22N2O2S. The van der Waals surface area contributed by atoms with Gasteiger partial charge in [0.2, 0.25) is 0 Å². The van der Waals surface area contributed by atoms with Crippen LogP contribution >= 0.6 is 11.3 Å². The van der Waals surface area contributed by atoms with Crippen molar-refractivity contribution in [3.8, 4) is 0 Å². The molecule has 4 nitrogen and oxygen atoms in total. The van der Waals surface area contributed by atoms with Crippen molar-refractivity contribution in [3.63, 3.8) is 0 Å². The lowest BCUT2D eigenvalue weighted by Crippen LogP contribution is -2.17. The second-order valence-electron chi connectivity index (χ2n) is 6.70. The fraction of sp³-hybridized carbons (Fsp3) is 0.130. The number of primary amides is 1. The summed E-state index contributed by atoms with van der Waals surface area (Å²) in [6.45, 7) is 4.07. The summed E-state index contributed by atoms with van der Waals surface area (Å²) < 4.78 is 0. The smallest absolute Gasteiger partial charge is 0.256 e. The standard InChI is InChI=1S/C23H22N2O2S/c1-15(2)20-14-19(21(24)26)23(28-20)25-22(27)18(17-11-7-4-8-12-17)13-16-9-5-3-6-10-16/h3-15H,1-2H3,(H2,24,26)(H,25,27). The van der Waals surface area contributed by atoms with Crippen molar-refractivity contribution < 1.29 is 9.59 Å². The van der Waals surface area contributed by atoms with Gasteiger partial charge in [-0.15, -0.1) is 11.3 Å². The molecule has 3 rings (SSSR count). The monoisotopic (exact) mass is 390 g/mol. The summed E-state index contributed by atoms with van der Waals surface area (Å²) in [5.41, 5.74) is 8.09. The number of nitrogens with one attached hydrogen (secondary N) is 1. The lowest BCUT2D eigenvalue weighted by Gasteiger charge is -2.10. The Kier molecular flexibility index (Phi) is 6.06. The summed E-state index contributed by atoms with van der Waals surface area (Å²) in [7, 11) is 0. The van der Waals surface area contributed by atoms with Gasteiger partial charge in [-0.2, -0.15) is 0 Å². The number of amides is 2. The van der Waals surface area contributed by atoms with Gasteiger partial charge in [-0.3, -0.25) is 9.59 Å². The first-order valence-electron chi connectivity index (χ1n) is 9.02. The van der Waals surface area contributed by atoms with E-state index in [9.17, 15) is 9.59 Å². The minimum absolute atomic E-state index is 0.238. The van der Waals surface area contributed by atoms with E-state index in [2.05, 4.69) is 5.32 Å². The van der Waals surface area contributed by atoms with Crippen molar-refractivity contribution in [1.82, 2.24) is 0 Å². The van der Waals surface area contributed by atoms with Crippen molar-refractivity contribution in [2.24, 2.45) is 5.73 Å². The molecule has 0 bridgehead atoms. The Morgan fingerprint density at radius 3 is 2.18 bits per heavy atom. The van der Waals surface area contributed by atoms with Crippen molar-refractivity contribution in [2.45, 2.75) is 19.8 Å². The zero-order valence-corrected chi connectivity index (χ0v) is 16.6. The third-order valence-electron chi connectivity index (χ3n) is 4.25. The zero-order valence-electron chi connectivity index (χ0n) is 15.8. The van der Waals surface area contributed by atoms with Crippen LogP contribution in [0.1, 0.15) is 46.1 Å². The average Bonchev–Trinajstić information content (AvgIpc) is 3.12. The molecule has 5 heteroatoms. The maximum Gasteiger partial charge on any atom is 0.256 e. The van der Waals surface area contributed by atoms with Crippen LogP contribution in [0.15, 0.2) is 66.7 Å². The number of anilines is 1. The van der Waals surface area contributed by atoms with E-state index in [4.69, 9.17) is 5.73 Å². The summed E-state index contributed by atoms with van der Waals surface area (Å²) in [6, 6.07) is 20.9. The molecule has 0 aliphatic heterocycles. The van der Waals surface area contributed by atoms with Crippen molar-refractivity contribution in [3.05, 3.63) is 88.3 Å². The molecule has 1 aromatic heterocycles. The first-order chi connectivity index (χ1) is 13.5. The van der Waals surface area contributed by atoms with E-state index < -0.39 is 5.91 Å². The Balaban J connectivity index is 1.99. The number of rotatable bonds is 6. The molecule has 0 atom stereocenters. The van der Waals surface area contributed by atoms with Gasteiger partial charge in [-0.25, -0.2) is 0 Å². The molecule has 28 heavy (non-hydrogen) atoms. The summed E-state index contributed by atoms with van der Waals surface area (Å²) in [4.78, 5) is 26.0. The fourth-order valence-electron chi connectivity index (χ4n) is 2.75. The van der Waals surface area contributed by atoms with Gasteiger partial charge in [0.25, 0.3) is 11.8 Å². The maximum atomic E-state index is 13.1. The maximum absolute atomic E-state index is 13.1. The van der Waals surface area contributed by atoms with Crippen molar-refractivity contribution >= 4 is 39.8 Å². The van der Waals surface area contributed by atoms with E-state index in [0.717, 1.165) is 16.0 Å². The second kappa shape index (κ2) is 8.67. The molecule has 1 heterocycles. The molecule has 2 amide bonds. The highest BCUT2D eigenvalue weighted by Crippen LogP contribution is 2.33. The lowest BCUT2D eigenvalue weighted by molar-refractivity contribution is -0.111. The van der Waals surface area contributed by atoms with Crippen LogP contribution in [0.25, 0.3) is 11.6 Å². The second-order valence-corrected chi connectivity index (χ2v) is 7.78. The van der Waals surface area contributed by atoms with E-state index in [1.165, 1.54) is 11.3 Å². The summed E-state index contributed by atoms with van der Waals surface area (Å²) >= 11 is 1.38. The van der Waals surface area contributed by atoms with Crippen LogP contribution in [-0.4, -0.2) is 11.8 Å². The molecular weight excluding hydrogens is 368 g/mol. The fourth-order valence-corrected chi connectivity index (χ4v) is 3.82. The number of carbonyl (C=O) groups is 2. The molecule has 3 aromatic rings. The molecule has 3 N–H and O–H groups in total. The van der Waals surface area contributed by atoms with Gasteiger partial charge in [-0.05, 0) is 29.2 Å². The molecule has 0 saturated carbocycles. The van der Waals surface area contributed by atoms with Gasteiger partial charge in [0, 0.05) is 10.5 Å². The van der Waals surface area contributed by atoms with E-state index in [1.807, 2.05) is 80.6 Å². The van der Waals surface area contributed by atoms with Gasteiger partial charge in [0.1, 0.15) is 5.00 Å². The van der Waals surface area contributed by atoms with Gasteiger partial charge in [-0.1, -0.05) is 74.5 Å². The average molecular weight is 391 g/mol. The molecule has 0 spiro atoms. The van der Waals surface area contributed by atoms with Crippen LogP contribution in [0.3, 0.4) is 0 Å². The van der Waals surface area contributed by atoms with Crippen molar-refractivity contribution in [1.29, 1.82) is 0 Å².